The number of benzene rings is 1. The van der Waals surface area contributed by atoms with Crippen LogP contribution in [0.25, 0.3) is 5.69 Å². The lowest BCUT2D eigenvalue weighted by Crippen LogP contribution is -2.59. The first-order chi connectivity index (χ1) is 15.8. The van der Waals surface area contributed by atoms with Crippen LogP contribution in [0.15, 0.2) is 30.5 Å². The second-order valence-electron chi connectivity index (χ2n) is 9.57. The Labute approximate surface area is 191 Å². The molecule has 1 amide bonds. The standard InChI is InChI=1S/C24H30F3N5O/c1-17-3-2-4-21-15-30(11-12-31(17)21)23(33)16-29-9-7-18-13-20(6-5-19(18)14-29)32-10-8-22(28-32)24(25,26)27/h5-6,8,10,13,17,21H,2-4,7,9,11-12,14-16H2,1H3. The molecule has 33 heavy (non-hydrogen) atoms. The minimum absolute atomic E-state index is 0.198. The number of hydrogen-bond acceptors (Lipinski definition) is 4. The fraction of sp³-hybridized carbons (Fsp3) is 0.583. The highest BCUT2D eigenvalue weighted by Crippen LogP contribution is 2.29. The summed E-state index contributed by atoms with van der Waals surface area (Å²) in [5.41, 5.74) is 1.94. The Morgan fingerprint density at radius 2 is 1.97 bits per heavy atom. The number of piperidine rings is 1. The molecule has 3 aliphatic rings. The van der Waals surface area contributed by atoms with Gasteiger partial charge in [0.1, 0.15) is 0 Å². The van der Waals surface area contributed by atoms with Gasteiger partial charge in [0, 0.05) is 51.0 Å². The SMILES string of the molecule is CC1CCCC2CN(C(=O)CN3CCc4cc(-n5ccc(C(F)(F)F)n5)ccc4C3)CCN12. The summed E-state index contributed by atoms with van der Waals surface area (Å²) in [5.74, 6) is 0.198. The van der Waals surface area contributed by atoms with E-state index in [9.17, 15) is 18.0 Å². The first-order valence-electron chi connectivity index (χ1n) is 11.8. The lowest BCUT2D eigenvalue weighted by Gasteiger charge is -2.47. The normalized spacial score (nSPS) is 24.4. The smallest absolute Gasteiger partial charge is 0.339 e. The molecule has 2 unspecified atom stereocenters. The van der Waals surface area contributed by atoms with Crippen molar-refractivity contribution in [3.63, 3.8) is 0 Å². The van der Waals surface area contributed by atoms with Crippen LogP contribution < -0.4 is 0 Å². The van der Waals surface area contributed by atoms with Gasteiger partial charge in [-0.05, 0) is 55.5 Å². The number of rotatable bonds is 3. The Kier molecular flexibility index (Phi) is 5.95. The van der Waals surface area contributed by atoms with Gasteiger partial charge in [0.2, 0.25) is 5.91 Å². The number of carbonyl (C=O) groups excluding carboxylic acids is 1. The molecule has 2 atom stereocenters. The second kappa shape index (κ2) is 8.76. The van der Waals surface area contributed by atoms with E-state index in [1.54, 1.807) is 6.07 Å². The quantitative estimate of drug-likeness (QED) is 0.704. The van der Waals surface area contributed by atoms with Crippen molar-refractivity contribution in [2.24, 2.45) is 0 Å². The van der Waals surface area contributed by atoms with Crippen LogP contribution in [0.1, 0.15) is 43.0 Å². The fourth-order valence-electron chi connectivity index (χ4n) is 5.53. The topological polar surface area (TPSA) is 44.6 Å². The molecular formula is C24H30F3N5O. The highest BCUT2D eigenvalue weighted by molar-refractivity contribution is 5.78. The summed E-state index contributed by atoms with van der Waals surface area (Å²) < 4.78 is 39.8. The summed E-state index contributed by atoms with van der Waals surface area (Å²) in [7, 11) is 0. The Morgan fingerprint density at radius 3 is 2.76 bits per heavy atom. The van der Waals surface area contributed by atoms with Gasteiger partial charge >= 0.3 is 6.18 Å². The van der Waals surface area contributed by atoms with Gasteiger partial charge in [-0.3, -0.25) is 14.6 Å². The number of halogens is 3. The van der Waals surface area contributed by atoms with Crippen molar-refractivity contribution in [2.45, 2.75) is 57.4 Å². The van der Waals surface area contributed by atoms with Gasteiger partial charge in [-0.2, -0.15) is 18.3 Å². The van der Waals surface area contributed by atoms with E-state index in [0.29, 0.717) is 30.9 Å². The maximum Gasteiger partial charge on any atom is 0.435 e. The molecule has 9 heteroatoms. The van der Waals surface area contributed by atoms with Crippen LogP contribution in [0.2, 0.25) is 0 Å². The maximum absolute atomic E-state index is 13.0. The molecule has 1 aromatic carbocycles. The number of alkyl halides is 3. The molecule has 0 radical (unpaired) electrons. The minimum atomic E-state index is -4.45. The average Bonchev–Trinajstić information content (AvgIpc) is 3.30. The van der Waals surface area contributed by atoms with Crippen molar-refractivity contribution in [3.05, 3.63) is 47.3 Å². The molecule has 0 bridgehead atoms. The van der Waals surface area contributed by atoms with Gasteiger partial charge in [0.05, 0.1) is 12.2 Å². The summed E-state index contributed by atoms with van der Waals surface area (Å²) in [5, 5.41) is 3.67. The Morgan fingerprint density at radius 1 is 1.12 bits per heavy atom. The molecule has 2 saturated heterocycles. The Hall–Kier alpha value is -2.39. The highest BCUT2D eigenvalue weighted by Gasteiger charge is 2.35. The molecule has 2 aromatic rings. The summed E-state index contributed by atoms with van der Waals surface area (Å²) in [6.45, 7) is 6.74. The number of nitrogens with zero attached hydrogens (tertiary/aromatic N) is 5. The van der Waals surface area contributed by atoms with Gasteiger partial charge in [0.25, 0.3) is 0 Å². The average molecular weight is 462 g/mol. The van der Waals surface area contributed by atoms with Crippen molar-refractivity contribution in [2.75, 3.05) is 32.7 Å². The molecule has 0 N–H and O–H groups in total. The number of aromatic nitrogens is 2. The predicted octanol–water partition coefficient (Wildman–Crippen LogP) is 3.33. The van der Waals surface area contributed by atoms with Crippen molar-refractivity contribution in [1.29, 1.82) is 0 Å². The van der Waals surface area contributed by atoms with Crippen LogP contribution in [0.3, 0.4) is 0 Å². The molecule has 3 aliphatic heterocycles. The second-order valence-corrected chi connectivity index (χ2v) is 9.57. The zero-order valence-electron chi connectivity index (χ0n) is 18.9. The van der Waals surface area contributed by atoms with E-state index in [4.69, 9.17) is 0 Å². The largest absolute Gasteiger partial charge is 0.435 e. The summed E-state index contributed by atoms with van der Waals surface area (Å²) >= 11 is 0. The van der Waals surface area contributed by atoms with Crippen molar-refractivity contribution >= 4 is 5.91 Å². The molecule has 0 spiro atoms. The lowest BCUT2D eigenvalue weighted by molar-refractivity contribution is -0.141. The maximum atomic E-state index is 13.0. The lowest BCUT2D eigenvalue weighted by atomic mass is 9.94. The van der Waals surface area contributed by atoms with E-state index in [1.165, 1.54) is 30.1 Å². The Balaban J connectivity index is 1.20. The third-order valence-corrected chi connectivity index (χ3v) is 7.39. The van der Waals surface area contributed by atoms with Gasteiger partial charge in [-0.25, -0.2) is 4.68 Å². The first kappa shape index (κ1) is 22.4. The first-order valence-corrected chi connectivity index (χ1v) is 11.8. The van der Waals surface area contributed by atoms with Crippen LogP contribution in [0, 0.1) is 0 Å². The number of fused-ring (bicyclic) bond motifs is 2. The summed E-state index contributed by atoms with van der Waals surface area (Å²) in [6.07, 6.45) is 1.32. The van der Waals surface area contributed by atoms with Crippen LogP contribution >= 0.6 is 0 Å². The molecule has 2 fully saturated rings. The van der Waals surface area contributed by atoms with E-state index in [2.05, 4.69) is 21.8 Å². The van der Waals surface area contributed by atoms with Crippen LogP contribution in [-0.4, -0.2) is 75.2 Å². The molecule has 0 saturated carbocycles. The third-order valence-electron chi connectivity index (χ3n) is 7.39. The predicted molar refractivity (Wildman–Crippen MR) is 118 cm³/mol. The van der Waals surface area contributed by atoms with E-state index in [-0.39, 0.29) is 5.91 Å². The van der Waals surface area contributed by atoms with Crippen LogP contribution in [0.4, 0.5) is 13.2 Å². The van der Waals surface area contributed by atoms with Crippen molar-refractivity contribution in [3.8, 4) is 5.69 Å². The molecule has 5 rings (SSSR count). The van der Waals surface area contributed by atoms with Gasteiger partial charge in [-0.15, -0.1) is 0 Å². The molecule has 6 nitrogen and oxygen atoms in total. The monoisotopic (exact) mass is 461 g/mol. The zero-order valence-corrected chi connectivity index (χ0v) is 18.9. The molecular weight excluding hydrogens is 431 g/mol. The summed E-state index contributed by atoms with van der Waals surface area (Å²) in [6, 6.07) is 7.74. The minimum Gasteiger partial charge on any atom is -0.339 e. The van der Waals surface area contributed by atoms with E-state index in [0.717, 1.165) is 49.8 Å². The van der Waals surface area contributed by atoms with E-state index >= 15 is 0 Å². The molecule has 4 heterocycles. The van der Waals surface area contributed by atoms with Gasteiger partial charge < -0.3 is 4.90 Å². The van der Waals surface area contributed by atoms with E-state index in [1.807, 2.05) is 17.0 Å². The third kappa shape index (κ3) is 4.66. The zero-order chi connectivity index (χ0) is 23.2. The van der Waals surface area contributed by atoms with Crippen LogP contribution in [0.5, 0.6) is 0 Å². The number of piperazine rings is 1. The van der Waals surface area contributed by atoms with Crippen molar-refractivity contribution < 1.29 is 18.0 Å². The number of hydrogen-bond donors (Lipinski definition) is 0. The Bertz CT molecular complexity index is 1020. The molecule has 178 valence electrons. The number of carbonyl (C=O) groups is 1. The fourth-order valence-corrected chi connectivity index (χ4v) is 5.53. The van der Waals surface area contributed by atoms with Crippen LogP contribution in [-0.2, 0) is 23.9 Å². The van der Waals surface area contributed by atoms with E-state index < -0.39 is 11.9 Å². The summed E-state index contributed by atoms with van der Waals surface area (Å²) in [4.78, 5) is 19.8. The van der Waals surface area contributed by atoms with Crippen molar-refractivity contribution in [1.82, 2.24) is 24.5 Å². The molecule has 0 aliphatic carbocycles. The van der Waals surface area contributed by atoms with Gasteiger partial charge in [0.15, 0.2) is 5.69 Å². The molecule has 1 aromatic heterocycles. The highest BCUT2D eigenvalue weighted by atomic mass is 19.4. The number of amides is 1. The van der Waals surface area contributed by atoms with Gasteiger partial charge in [-0.1, -0.05) is 12.5 Å².